The van der Waals surface area contributed by atoms with Crippen LogP contribution in [0.4, 0.5) is 15.9 Å². The number of halogens is 1. The number of aromatic nitrogens is 3. The summed E-state index contributed by atoms with van der Waals surface area (Å²) in [6.07, 6.45) is 7.09. The summed E-state index contributed by atoms with van der Waals surface area (Å²) in [4.78, 5) is 12.7. The number of nitrogens with zero attached hydrogens (tertiary/aromatic N) is 3. The van der Waals surface area contributed by atoms with Gasteiger partial charge in [-0.05, 0) is 48.4 Å². The molecule has 0 bridgehead atoms. The van der Waals surface area contributed by atoms with Crippen LogP contribution in [0.5, 0.6) is 0 Å². The fourth-order valence-corrected chi connectivity index (χ4v) is 3.41. The van der Waals surface area contributed by atoms with Gasteiger partial charge in [0.15, 0.2) is 9.84 Å². The maximum atomic E-state index is 13.3. The van der Waals surface area contributed by atoms with Crippen LogP contribution in [0.2, 0.25) is 0 Å². The number of benzene rings is 1. The Kier molecular flexibility index (Phi) is 5.12. The molecule has 0 saturated heterocycles. The number of fused-ring (bicyclic) bond motifs is 1. The van der Waals surface area contributed by atoms with Gasteiger partial charge in [-0.25, -0.2) is 22.8 Å². The van der Waals surface area contributed by atoms with Gasteiger partial charge in [-0.2, -0.15) is 0 Å². The minimum atomic E-state index is -3.25. The summed E-state index contributed by atoms with van der Waals surface area (Å²) in [5, 5.41) is 4.77. The van der Waals surface area contributed by atoms with E-state index in [1.807, 2.05) is 6.07 Å². The van der Waals surface area contributed by atoms with E-state index in [2.05, 4.69) is 32.1 Å². The molecule has 0 unspecified atom stereocenters. The molecule has 4 aromatic rings. The zero-order chi connectivity index (χ0) is 21.1. The minimum Gasteiger partial charge on any atom is -0.340 e. The van der Waals surface area contributed by atoms with Gasteiger partial charge in [-0.15, -0.1) is 0 Å². The van der Waals surface area contributed by atoms with Gasteiger partial charge < -0.3 is 5.32 Å². The summed E-state index contributed by atoms with van der Waals surface area (Å²) in [7, 11) is -3.25. The van der Waals surface area contributed by atoms with Crippen LogP contribution in [0.15, 0.2) is 72.1 Å². The molecule has 0 aliphatic carbocycles. The van der Waals surface area contributed by atoms with E-state index >= 15 is 0 Å². The van der Waals surface area contributed by atoms with E-state index in [1.54, 1.807) is 30.6 Å². The lowest BCUT2D eigenvalue weighted by Gasteiger charge is -2.08. The Morgan fingerprint density at radius 1 is 0.967 bits per heavy atom. The van der Waals surface area contributed by atoms with Crippen molar-refractivity contribution in [3.8, 4) is 11.8 Å². The first-order valence-electron chi connectivity index (χ1n) is 8.83. The molecule has 6 nitrogen and oxygen atoms in total. The van der Waals surface area contributed by atoms with Gasteiger partial charge in [-0.1, -0.05) is 5.92 Å². The van der Waals surface area contributed by atoms with Crippen molar-refractivity contribution in [3.63, 3.8) is 0 Å². The molecule has 0 spiro atoms. The fourth-order valence-electron chi connectivity index (χ4n) is 2.78. The molecule has 0 atom stereocenters. The van der Waals surface area contributed by atoms with Crippen LogP contribution in [0, 0.1) is 17.7 Å². The number of pyridine rings is 3. The zero-order valence-electron chi connectivity index (χ0n) is 15.8. The number of hydrogen-bond acceptors (Lipinski definition) is 6. The second kappa shape index (κ2) is 7.89. The van der Waals surface area contributed by atoms with Crippen LogP contribution < -0.4 is 5.32 Å². The summed E-state index contributed by atoms with van der Waals surface area (Å²) in [5.41, 5.74) is 1.67. The Morgan fingerprint density at radius 3 is 2.50 bits per heavy atom. The highest BCUT2D eigenvalue weighted by Crippen LogP contribution is 2.22. The molecular formula is C22H15FN4O2S. The maximum Gasteiger partial charge on any atom is 0.175 e. The van der Waals surface area contributed by atoms with Crippen LogP contribution in [0.1, 0.15) is 11.3 Å². The number of nitrogens with one attached hydrogen (secondary N) is 1. The molecule has 1 N–H and O–H groups in total. The van der Waals surface area contributed by atoms with E-state index in [4.69, 9.17) is 0 Å². The molecule has 0 aliphatic rings. The molecule has 3 heterocycles. The Labute approximate surface area is 172 Å². The normalized spacial score (nSPS) is 11.0. The van der Waals surface area contributed by atoms with E-state index in [-0.39, 0.29) is 4.90 Å². The Bertz CT molecular complexity index is 1410. The lowest BCUT2D eigenvalue weighted by Crippen LogP contribution is -1.98. The Hall–Kier alpha value is -3.83. The highest BCUT2D eigenvalue weighted by atomic mass is 32.2. The molecule has 8 heteroatoms. The van der Waals surface area contributed by atoms with Crippen molar-refractivity contribution in [3.05, 3.63) is 84.3 Å². The highest BCUT2D eigenvalue weighted by molar-refractivity contribution is 7.90. The summed E-state index contributed by atoms with van der Waals surface area (Å²) < 4.78 is 36.5. The van der Waals surface area contributed by atoms with Crippen molar-refractivity contribution >= 4 is 32.1 Å². The van der Waals surface area contributed by atoms with Gasteiger partial charge >= 0.3 is 0 Å². The molecular weight excluding hydrogens is 403 g/mol. The molecule has 1 aromatic carbocycles. The number of rotatable bonds is 3. The molecule has 0 amide bonds. The number of hydrogen-bond donors (Lipinski definition) is 1. The predicted molar refractivity (Wildman–Crippen MR) is 113 cm³/mol. The molecule has 0 radical (unpaired) electrons. The summed E-state index contributed by atoms with van der Waals surface area (Å²) in [6, 6.07) is 11.3. The van der Waals surface area contributed by atoms with Gasteiger partial charge in [-0.3, -0.25) is 4.98 Å². The van der Waals surface area contributed by atoms with Crippen molar-refractivity contribution in [2.45, 2.75) is 4.90 Å². The van der Waals surface area contributed by atoms with E-state index in [0.29, 0.717) is 22.8 Å². The van der Waals surface area contributed by atoms with Crippen LogP contribution in [-0.4, -0.2) is 29.6 Å². The van der Waals surface area contributed by atoms with Gasteiger partial charge in [0.2, 0.25) is 0 Å². The molecule has 148 valence electrons. The van der Waals surface area contributed by atoms with Gasteiger partial charge in [0.05, 0.1) is 11.1 Å². The lowest BCUT2D eigenvalue weighted by molar-refractivity contribution is 0.602. The third-order valence-corrected chi connectivity index (χ3v) is 5.36. The van der Waals surface area contributed by atoms with Crippen molar-refractivity contribution in [2.75, 3.05) is 11.6 Å². The molecule has 0 aliphatic heterocycles. The average Bonchev–Trinajstić information content (AvgIpc) is 2.72. The molecule has 30 heavy (non-hydrogen) atoms. The van der Waals surface area contributed by atoms with Gasteiger partial charge in [0.1, 0.15) is 17.3 Å². The van der Waals surface area contributed by atoms with E-state index in [9.17, 15) is 12.8 Å². The lowest BCUT2D eigenvalue weighted by atomic mass is 10.1. The van der Waals surface area contributed by atoms with Crippen molar-refractivity contribution in [2.24, 2.45) is 0 Å². The number of anilines is 2. The smallest absolute Gasteiger partial charge is 0.175 e. The summed E-state index contributed by atoms with van der Waals surface area (Å²) in [6.45, 7) is 0. The Balaban J connectivity index is 1.66. The third-order valence-electron chi connectivity index (χ3n) is 4.23. The standard InChI is InChI=1S/C22H15FN4O2S/c1-30(28,29)19-5-3-18(4-6-19)27-22-11-20-16(13-26-22)8-9-25-21(20)7-2-15-10-17(23)14-24-12-15/h3-6,8-14H,1H3,(H,26,27). The highest BCUT2D eigenvalue weighted by Gasteiger charge is 2.07. The minimum absolute atomic E-state index is 0.244. The molecule has 4 rings (SSSR count). The molecule has 0 fully saturated rings. The second-order valence-electron chi connectivity index (χ2n) is 6.51. The van der Waals surface area contributed by atoms with Crippen molar-refractivity contribution in [1.82, 2.24) is 15.0 Å². The first-order valence-corrected chi connectivity index (χ1v) is 10.7. The summed E-state index contributed by atoms with van der Waals surface area (Å²) >= 11 is 0. The van der Waals surface area contributed by atoms with Gasteiger partial charge in [0, 0.05) is 46.9 Å². The van der Waals surface area contributed by atoms with Gasteiger partial charge in [0.25, 0.3) is 0 Å². The van der Waals surface area contributed by atoms with Crippen LogP contribution >= 0.6 is 0 Å². The molecule has 3 aromatic heterocycles. The first kappa shape index (κ1) is 19.5. The quantitative estimate of drug-likeness (QED) is 0.511. The third kappa shape index (κ3) is 4.42. The van der Waals surface area contributed by atoms with E-state index in [0.717, 1.165) is 23.2 Å². The van der Waals surface area contributed by atoms with Crippen molar-refractivity contribution < 1.29 is 12.8 Å². The monoisotopic (exact) mass is 418 g/mol. The van der Waals surface area contributed by atoms with E-state index in [1.165, 1.54) is 24.4 Å². The summed E-state index contributed by atoms with van der Waals surface area (Å²) in [5.74, 6) is 5.93. The molecule has 0 saturated carbocycles. The number of sulfone groups is 1. The Morgan fingerprint density at radius 2 is 1.77 bits per heavy atom. The predicted octanol–water partition coefficient (Wildman–Crippen LogP) is 3.71. The topological polar surface area (TPSA) is 84.8 Å². The second-order valence-corrected chi connectivity index (χ2v) is 8.53. The zero-order valence-corrected chi connectivity index (χ0v) is 16.6. The van der Waals surface area contributed by atoms with Crippen LogP contribution in [0.25, 0.3) is 10.8 Å². The van der Waals surface area contributed by atoms with Crippen LogP contribution in [-0.2, 0) is 9.84 Å². The average molecular weight is 418 g/mol. The fraction of sp³-hybridized carbons (Fsp3) is 0.0455. The SMILES string of the molecule is CS(=O)(=O)c1ccc(Nc2cc3c(C#Cc4cncc(F)c4)nccc3cn2)cc1. The first-order chi connectivity index (χ1) is 14.4. The van der Waals surface area contributed by atoms with Crippen molar-refractivity contribution in [1.29, 1.82) is 0 Å². The van der Waals surface area contributed by atoms with E-state index < -0.39 is 15.7 Å². The maximum absolute atomic E-state index is 13.3. The largest absolute Gasteiger partial charge is 0.340 e. The van der Waals surface area contributed by atoms with Crippen LogP contribution in [0.3, 0.4) is 0 Å².